The van der Waals surface area contributed by atoms with Crippen molar-refractivity contribution < 1.29 is 133 Å². The molecule has 35 heteroatoms. The molecule has 0 spiro atoms. The first-order valence-corrected chi connectivity index (χ1v) is 36.9. The number of oxazole rings is 1. The van der Waals surface area contributed by atoms with Gasteiger partial charge < -0.3 is 105 Å². The van der Waals surface area contributed by atoms with Crippen molar-refractivity contribution in [2.75, 3.05) is 121 Å². The van der Waals surface area contributed by atoms with E-state index in [-0.39, 0.29) is 60.5 Å². The van der Waals surface area contributed by atoms with Gasteiger partial charge in [0.25, 0.3) is 6.01 Å². The number of methoxy groups -OCH3 is 5. The maximum atomic E-state index is 12.0. The Morgan fingerprint density at radius 2 is 0.832 bits per heavy atom. The number of carbonyl (C=O) groups is 10. The summed E-state index contributed by atoms with van der Waals surface area (Å²) in [6.45, 7) is 14.1. The molecule has 0 radical (unpaired) electrons. The lowest BCUT2D eigenvalue weighted by Gasteiger charge is -2.25. The smallest absolute Gasteiger partial charge is 0.410 e. The third kappa shape index (κ3) is 25.9. The molecule has 0 saturated heterocycles. The highest BCUT2D eigenvalue weighted by Crippen LogP contribution is 2.36. The fourth-order valence-electron chi connectivity index (χ4n) is 11.0. The largest absolute Gasteiger partial charge is 0.508 e. The second kappa shape index (κ2) is 41.7. The molecule has 2 amide bonds. The van der Waals surface area contributed by atoms with Crippen LogP contribution in [0.15, 0.2) is 150 Å². The summed E-state index contributed by atoms with van der Waals surface area (Å²) in [4.78, 5) is 149. The number of benzene rings is 6. The Morgan fingerprint density at radius 3 is 1.23 bits per heavy atom. The molecule has 0 saturated carbocycles. The first kappa shape index (κ1) is 90.8. The van der Waals surface area contributed by atoms with Gasteiger partial charge in [-0.25, -0.2) is 28.8 Å². The van der Waals surface area contributed by atoms with E-state index in [1.165, 1.54) is 69.6 Å². The van der Waals surface area contributed by atoms with Gasteiger partial charge in [-0.05, 0) is 132 Å². The number of fused-ring (bicyclic) bond motifs is 6. The van der Waals surface area contributed by atoms with Crippen LogP contribution in [-0.2, 0) is 81.2 Å². The SMILES string of the molecule is CNCCOc1ccc2c(c1)OC(=O)C(C(=O)OC)C2.COC(=O)C1Cc2ccc(OCCN(C)C(=O)OC(C)(C)C)cc2OC1=O.COC(=O)C1Cc2ccc(OCCN(C)c3nc4ccccc4o3)cc2OC1=O.COC(=O)c1cc2ccc(O)cc2oc1=O.COC(=O)c1cc2ccc(OCCN(C)C(=O)OC(C)(C)C)cc2oc1=O. The molecule has 12 rings (SSSR count). The molecule has 0 fully saturated rings. The standard InChI is InChI=1S/C21H20N2O6.C19H25NO7.C19H23NO7.C14H17NO5.C11H8O5/c1-23(21-22-16-5-3-4-6-17(16)29-21)9-10-27-14-8-7-13-11-15(19(24)26-2)20(25)28-18(13)12-14;2*1-19(2,3)27-18(23)20(4)8-9-25-13-7-6-12-10-14(16(21)24-5)17(22)26-15(12)11-13;1-15-5-6-19-10-4-3-9-7-11(13(16)18-2)14(17)20-12(9)8-10;1-15-10(13)8-4-6-2-3-7(12)5-9(6)16-11(8)14/h3-8,12,15H,9-11H2,1-2H3;6-7,11,14H,8-10H2,1-5H3;6-7,10-11H,8-9H2,1-5H3;3-4,8,11,15H,5-7H2,1-2H3;2-5,12H,1H3. The monoisotopic (exact) mass is 1650 g/mol. The zero-order chi connectivity index (χ0) is 87.0. The van der Waals surface area contributed by atoms with Crippen LogP contribution < -0.4 is 54.6 Å². The number of aromatic nitrogens is 1. The van der Waals surface area contributed by atoms with Gasteiger partial charge in [-0.15, -0.1) is 0 Å². The van der Waals surface area contributed by atoms with E-state index < -0.39 is 100 Å². The molecule has 3 unspecified atom stereocenters. The van der Waals surface area contributed by atoms with Crippen LogP contribution in [0.3, 0.4) is 0 Å². The number of anilines is 1. The van der Waals surface area contributed by atoms with Crippen molar-refractivity contribution >= 4 is 99.0 Å². The fraction of sp³-hybridized carbons (Fsp3) is 0.369. The van der Waals surface area contributed by atoms with Gasteiger partial charge in [0.1, 0.15) is 111 Å². The molecule has 9 aromatic rings. The zero-order valence-electron chi connectivity index (χ0n) is 68.2. The summed E-state index contributed by atoms with van der Waals surface area (Å²) < 4.78 is 87.3. The number of rotatable bonds is 22. The van der Waals surface area contributed by atoms with Crippen LogP contribution in [0.4, 0.5) is 15.6 Å². The molecule has 3 aromatic heterocycles. The Kier molecular flexibility index (Phi) is 31.8. The number of hydrogen-bond donors (Lipinski definition) is 2. The number of carbonyl (C=O) groups excluding carboxylic acids is 10. The van der Waals surface area contributed by atoms with Crippen LogP contribution in [0.1, 0.15) is 78.9 Å². The molecule has 3 aliphatic heterocycles. The molecule has 3 aliphatic rings. The van der Waals surface area contributed by atoms with Crippen molar-refractivity contribution in [2.24, 2.45) is 17.8 Å². The second-order valence-corrected chi connectivity index (χ2v) is 28.4. The predicted molar refractivity (Wildman–Crippen MR) is 424 cm³/mol. The lowest BCUT2D eigenvalue weighted by atomic mass is 9.96. The summed E-state index contributed by atoms with van der Waals surface area (Å²) in [6.07, 6.45) is -0.105. The fourth-order valence-corrected chi connectivity index (χ4v) is 11.0. The summed E-state index contributed by atoms with van der Waals surface area (Å²) >= 11 is 0. The third-order valence-corrected chi connectivity index (χ3v) is 17.3. The minimum Gasteiger partial charge on any atom is -0.508 e. The van der Waals surface area contributed by atoms with Crippen molar-refractivity contribution in [1.82, 2.24) is 20.1 Å². The Hall–Kier alpha value is -13.7. The van der Waals surface area contributed by atoms with E-state index in [9.17, 15) is 62.6 Å². The number of esters is 8. The topological polar surface area (TPSA) is 428 Å². The summed E-state index contributed by atoms with van der Waals surface area (Å²) in [5.41, 5.74) is 1.29. The van der Waals surface area contributed by atoms with E-state index in [1.807, 2.05) is 43.3 Å². The summed E-state index contributed by atoms with van der Waals surface area (Å²) in [6, 6.07) is 35.6. The number of aromatic hydroxyl groups is 1. The van der Waals surface area contributed by atoms with Gasteiger partial charge >= 0.3 is 71.2 Å². The first-order valence-electron chi connectivity index (χ1n) is 36.9. The van der Waals surface area contributed by atoms with E-state index in [0.29, 0.717) is 89.9 Å². The Morgan fingerprint density at radius 1 is 0.454 bits per heavy atom. The van der Waals surface area contributed by atoms with Gasteiger partial charge in [-0.2, -0.15) is 4.98 Å². The van der Waals surface area contributed by atoms with Crippen LogP contribution in [-0.4, -0.2) is 207 Å². The lowest BCUT2D eigenvalue weighted by molar-refractivity contribution is -0.158. The minimum absolute atomic E-state index is 0.0125. The molecule has 0 bridgehead atoms. The van der Waals surface area contributed by atoms with E-state index in [4.69, 9.17) is 55.9 Å². The molecular weight excluding hydrogens is 1560 g/mol. The van der Waals surface area contributed by atoms with Gasteiger partial charge in [-0.1, -0.05) is 30.3 Å². The lowest BCUT2D eigenvalue weighted by Crippen LogP contribution is -2.36. The van der Waals surface area contributed by atoms with Crippen molar-refractivity contribution in [3.63, 3.8) is 0 Å². The number of likely N-dealkylation sites (N-methyl/N-ethyl adjacent to an activating group) is 4. The molecule has 3 atom stereocenters. The van der Waals surface area contributed by atoms with Gasteiger partial charge in [0.15, 0.2) is 23.3 Å². The van der Waals surface area contributed by atoms with E-state index in [0.717, 1.165) is 34.3 Å². The average Bonchev–Trinajstić information content (AvgIpc) is 1.65. The van der Waals surface area contributed by atoms with Gasteiger partial charge in [0, 0.05) is 88.1 Å². The number of para-hydroxylation sites is 2. The highest BCUT2D eigenvalue weighted by molar-refractivity contribution is 5.99. The number of ether oxygens (including phenoxy) is 14. The van der Waals surface area contributed by atoms with Gasteiger partial charge in [0.05, 0.1) is 55.2 Å². The molecule has 6 aromatic carbocycles. The van der Waals surface area contributed by atoms with E-state index in [1.54, 1.807) is 135 Å². The summed E-state index contributed by atoms with van der Waals surface area (Å²) in [5.74, 6) is -4.53. The van der Waals surface area contributed by atoms with Crippen molar-refractivity contribution in [3.05, 3.63) is 176 Å². The predicted octanol–water partition coefficient (Wildman–Crippen LogP) is 9.42. The maximum absolute atomic E-state index is 12.0. The van der Waals surface area contributed by atoms with Crippen LogP contribution in [0.2, 0.25) is 0 Å². The molecule has 2 N–H and O–H groups in total. The van der Waals surface area contributed by atoms with Gasteiger partial charge in [-0.3, -0.25) is 28.8 Å². The van der Waals surface area contributed by atoms with Crippen LogP contribution in [0.25, 0.3) is 33.0 Å². The average molecular weight is 1650 g/mol. The first-order chi connectivity index (χ1) is 56.5. The highest BCUT2D eigenvalue weighted by atomic mass is 16.6. The number of nitrogens with zero attached hydrogens (tertiary/aromatic N) is 4. The number of phenolic OH excluding ortho intramolecular Hbond substituents is 1. The number of amides is 2. The van der Waals surface area contributed by atoms with Crippen molar-refractivity contribution in [1.29, 1.82) is 0 Å². The number of hydrogen-bond acceptors (Lipinski definition) is 33. The molecule has 634 valence electrons. The Bertz CT molecular complexity index is 5250. The molecular formula is C84H93N5O30. The number of phenols is 1. The van der Waals surface area contributed by atoms with Crippen LogP contribution in [0, 0.1) is 17.8 Å². The van der Waals surface area contributed by atoms with Crippen molar-refractivity contribution in [2.45, 2.75) is 72.0 Å². The molecule has 0 aliphatic carbocycles. The number of nitrogens with one attached hydrogen (secondary N) is 1. The molecule has 119 heavy (non-hydrogen) atoms. The third-order valence-electron chi connectivity index (χ3n) is 17.3. The molecule has 6 heterocycles. The van der Waals surface area contributed by atoms with Gasteiger partial charge in [0.2, 0.25) is 0 Å². The maximum Gasteiger partial charge on any atom is 0.410 e. The zero-order valence-corrected chi connectivity index (χ0v) is 68.2. The normalized spacial score (nSPS) is 14.2. The quantitative estimate of drug-likeness (QED) is 0.0159. The second-order valence-electron chi connectivity index (χ2n) is 28.4. The van der Waals surface area contributed by atoms with Crippen molar-refractivity contribution in [3.8, 4) is 46.0 Å². The highest BCUT2D eigenvalue weighted by Gasteiger charge is 2.38. The summed E-state index contributed by atoms with van der Waals surface area (Å²) in [5, 5.41) is 13.3. The van der Waals surface area contributed by atoms with Crippen LogP contribution >= 0.6 is 0 Å². The minimum atomic E-state index is -0.947. The Balaban J connectivity index is 0.000000188. The summed E-state index contributed by atoms with van der Waals surface area (Å²) in [7, 11) is 13.1. The Labute approximate surface area is 682 Å². The van der Waals surface area contributed by atoms with E-state index >= 15 is 0 Å². The van der Waals surface area contributed by atoms with E-state index in [2.05, 4.69) is 34.0 Å². The molecule has 35 nitrogen and oxygen atoms in total. The van der Waals surface area contributed by atoms with Crippen LogP contribution in [0.5, 0.6) is 46.0 Å².